The third-order valence-corrected chi connectivity index (χ3v) is 5.80. The van der Waals surface area contributed by atoms with Crippen LogP contribution in [0.15, 0.2) is 23.1 Å². The summed E-state index contributed by atoms with van der Waals surface area (Å²) < 4.78 is 37.6. The summed E-state index contributed by atoms with van der Waals surface area (Å²) in [6.45, 7) is 2.54. The minimum absolute atomic E-state index is 0. The summed E-state index contributed by atoms with van der Waals surface area (Å²) in [5.41, 5.74) is 0.620. The number of ether oxygens (including phenoxy) is 2. The van der Waals surface area contributed by atoms with Gasteiger partial charge in [-0.2, -0.15) is 4.31 Å². The van der Waals surface area contributed by atoms with Gasteiger partial charge in [-0.05, 0) is 24.7 Å². The number of likely N-dealkylation sites (N-methyl/N-ethyl adjacent to an activating group) is 1. The molecule has 0 aliphatic carbocycles. The van der Waals surface area contributed by atoms with Gasteiger partial charge in [0.25, 0.3) is 0 Å². The zero-order chi connectivity index (χ0) is 18.3. The lowest BCUT2D eigenvalue weighted by atomic mass is 10.1. The lowest BCUT2D eigenvalue weighted by Crippen LogP contribution is -2.40. The van der Waals surface area contributed by atoms with Gasteiger partial charge in [0, 0.05) is 26.2 Å². The van der Waals surface area contributed by atoms with E-state index >= 15 is 0 Å². The summed E-state index contributed by atoms with van der Waals surface area (Å²) in [7, 11) is -0.465. The molecule has 1 amide bonds. The molecule has 2 N–H and O–H groups in total. The molecule has 0 unspecified atom stereocenters. The number of rotatable bonds is 8. The molecule has 1 saturated heterocycles. The van der Waals surface area contributed by atoms with Crippen molar-refractivity contribution in [1.82, 2.24) is 14.9 Å². The van der Waals surface area contributed by atoms with Gasteiger partial charge < -0.3 is 20.1 Å². The van der Waals surface area contributed by atoms with Gasteiger partial charge in [-0.15, -0.1) is 12.4 Å². The highest BCUT2D eigenvalue weighted by atomic mass is 35.5. The SMILES string of the molecule is CNCCNC(=O)Cc1ccc(OC)c(S(=O)(=O)N2CCOCC2)c1.Cl. The predicted octanol–water partition coefficient (Wildman–Crippen LogP) is 0.0160. The highest BCUT2D eigenvalue weighted by molar-refractivity contribution is 7.89. The molecule has 0 spiro atoms. The molecule has 1 aliphatic heterocycles. The van der Waals surface area contributed by atoms with E-state index in [1.54, 1.807) is 19.2 Å². The number of sulfonamides is 1. The molecule has 1 fully saturated rings. The number of hydrogen-bond acceptors (Lipinski definition) is 6. The molecule has 148 valence electrons. The van der Waals surface area contributed by atoms with Gasteiger partial charge in [-0.3, -0.25) is 4.79 Å². The van der Waals surface area contributed by atoms with Gasteiger partial charge >= 0.3 is 0 Å². The minimum atomic E-state index is -3.70. The molecule has 1 aromatic rings. The van der Waals surface area contributed by atoms with Crippen molar-refractivity contribution < 1.29 is 22.7 Å². The molecule has 0 aromatic heterocycles. The van der Waals surface area contributed by atoms with Crippen molar-refractivity contribution in [2.75, 3.05) is 53.6 Å². The van der Waals surface area contributed by atoms with Crippen LogP contribution in [0.25, 0.3) is 0 Å². The highest BCUT2D eigenvalue weighted by Gasteiger charge is 2.29. The number of nitrogens with zero attached hydrogens (tertiary/aromatic N) is 1. The van der Waals surface area contributed by atoms with Crippen LogP contribution in [0.2, 0.25) is 0 Å². The van der Waals surface area contributed by atoms with Crippen LogP contribution in [0.4, 0.5) is 0 Å². The molecular weight excluding hydrogens is 382 g/mol. The van der Waals surface area contributed by atoms with Gasteiger partial charge in [0.05, 0.1) is 26.7 Å². The van der Waals surface area contributed by atoms with Crippen LogP contribution in [0.3, 0.4) is 0 Å². The Morgan fingerprint density at radius 3 is 2.58 bits per heavy atom. The van der Waals surface area contributed by atoms with Crippen LogP contribution < -0.4 is 15.4 Å². The molecular formula is C16H26ClN3O5S. The molecule has 1 aliphatic rings. The van der Waals surface area contributed by atoms with E-state index in [1.807, 2.05) is 0 Å². The molecule has 1 aromatic carbocycles. The van der Waals surface area contributed by atoms with Crippen LogP contribution in [0.1, 0.15) is 5.56 Å². The molecule has 0 atom stereocenters. The van der Waals surface area contributed by atoms with Crippen LogP contribution in [-0.4, -0.2) is 72.2 Å². The van der Waals surface area contributed by atoms with Gasteiger partial charge in [-0.25, -0.2) is 8.42 Å². The van der Waals surface area contributed by atoms with E-state index in [0.29, 0.717) is 45.0 Å². The smallest absolute Gasteiger partial charge is 0.246 e. The lowest BCUT2D eigenvalue weighted by molar-refractivity contribution is -0.120. The fourth-order valence-electron chi connectivity index (χ4n) is 2.53. The molecule has 0 saturated carbocycles. The van der Waals surface area contributed by atoms with Crippen molar-refractivity contribution in [3.8, 4) is 5.75 Å². The average Bonchev–Trinajstić information content (AvgIpc) is 2.62. The predicted molar refractivity (Wildman–Crippen MR) is 100 cm³/mol. The number of halogens is 1. The fourth-order valence-corrected chi connectivity index (χ4v) is 4.15. The standard InChI is InChI=1S/C16H25N3O5S.ClH/c1-17-5-6-18-16(20)12-13-3-4-14(23-2)15(11-13)25(21,22)19-7-9-24-10-8-19;/h3-4,11,17H,5-10,12H2,1-2H3,(H,18,20);1H. The van der Waals surface area contributed by atoms with Crippen molar-refractivity contribution in [1.29, 1.82) is 0 Å². The molecule has 0 radical (unpaired) electrons. The first-order chi connectivity index (χ1) is 12.0. The average molecular weight is 408 g/mol. The maximum Gasteiger partial charge on any atom is 0.246 e. The second-order valence-corrected chi connectivity index (χ2v) is 7.54. The van der Waals surface area contributed by atoms with Crippen molar-refractivity contribution in [2.45, 2.75) is 11.3 Å². The molecule has 0 bridgehead atoms. The second-order valence-electron chi connectivity index (χ2n) is 5.63. The quantitative estimate of drug-likeness (QED) is 0.589. The van der Waals surface area contributed by atoms with Crippen LogP contribution in [0, 0.1) is 0 Å². The molecule has 8 nitrogen and oxygen atoms in total. The maximum atomic E-state index is 12.9. The minimum Gasteiger partial charge on any atom is -0.495 e. The number of morpholine rings is 1. The number of amides is 1. The Morgan fingerprint density at radius 1 is 1.27 bits per heavy atom. The van der Waals surface area contributed by atoms with Crippen LogP contribution in [0.5, 0.6) is 5.75 Å². The Bertz CT molecular complexity index is 693. The first-order valence-electron chi connectivity index (χ1n) is 8.15. The fraction of sp³-hybridized carbons (Fsp3) is 0.562. The Morgan fingerprint density at radius 2 is 1.96 bits per heavy atom. The third-order valence-electron chi connectivity index (χ3n) is 3.88. The number of carbonyl (C=O) groups is 1. The number of hydrogen-bond donors (Lipinski definition) is 2. The molecule has 10 heteroatoms. The zero-order valence-electron chi connectivity index (χ0n) is 15.0. The van der Waals surface area contributed by atoms with Crippen molar-refractivity contribution in [3.63, 3.8) is 0 Å². The maximum absolute atomic E-state index is 12.9. The number of carbonyl (C=O) groups excluding carboxylic acids is 1. The van der Waals surface area contributed by atoms with Gasteiger partial charge in [0.2, 0.25) is 15.9 Å². The van der Waals surface area contributed by atoms with E-state index in [9.17, 15) is 13.2 Å². The van der Waals surface area contributed by atoms with E-state index < -0.39 is 10.0 Å². The first kappa shape index (κ1) is 22.7. The van der Waals surface area contributed by atoms with E-state index in [0.717, 1.165) is 0 Å². The number of benzene rings is 1. The van der Waals surface area contributed by atoms with Crippen molar-refractivity contribution >= 4 is 28.3 Å². The topological polar surface area (TPSA) is 97.0 Å². The van der Waals surface area contributed by atoms with Gasteiger partial charge in [0.1, 0.15) is 10.6 Å². The van der Waals surface area contributed by atoms with Crippen molar-refractivity contribution in [2.24, 2.45) is 0 Å². The van der Waals surface area contributed by atoms with Gasteiger partial charge in [0.15, 0.2) is 0 Å². The van der Waals surface area contributed by atoms with E-state index in [-0.39, 0.29) is 35.4 Å². The zero-order valence-corrected chi connectivity index (χ0v) is 16.6. The molecule has 1 heterocycles. The molecule has 26 heavy (non-hydrogen) atoms. The Kier molecular flexibility index (Phi) is 9.31. The highest BCUT2D eigenvalue weighted by Crippen LogP contribution is 2.28. The summed E-state index contributed by atoms with van der Waals surface area (Å²) in [5.74, 6) is 0.112. The lowest BCUT2D eigenvalue weighted by Gasteiger charge is -2.26. The Labute approximate surface area is 160 Å². The number of methoxy groups -OCH3 is 1. The summed E-state index contributed by atoms with van der Waals surface area (Å²) >= 11 is 0. The van der Waals surface area contributed by atoms with Crippen LogP contribution in [-0.2, 0) is 26.0 Å². The normalized spacial score (nSPS) is 15.2. The third kappa shape index (κ3) is 5.82. The van der Waals surface area contributed by atoms with Crippen molar-refractivity contribution in [3.05, 3.63) is 23.8 Å². The summed E-state index contributed by atoms with van der Waals surface area (Å²) in [5, 5.41) is 5.71. The van der Waals surface area contributed by atoms with E-state index in [4.69, 9.17) is 9.47 Å². The largest absolute Gasteiger partial charge is 0.495 e. The number of nitrogens with one attached hydrogen (secondary N) is 2. The van der Waals surface area contributed by atoms with E-state index in [2.05, 4.69) is 10.6 Å². The molecule has 2 rings (SSSR count). The second kappa shape index (κ2) is 10.7. The first-order valence-corrected chi connectivity index (χ1v) is 9.59. The summed E-state index contributed by atoms with van der Waals surface area (Å²) in [4.78, 5) is 12.0. The summed E-state index contributed by atoms with van der Waals surface area (Å²) in [6, 6.07) is 4.81. The van der Waals surface area contributed by atoms with Crippen LogP contribution >= 0.6 is 12.4 Å². The summed E-state index contributed by atoms with van der Waals surface area (Å²) in [6.07, 6.45) is 0.110. The Hall–Kier alpha value is -1.39. The van der Waals surface area contributed by atoms with Gasteiger partial charge in [-0.1, -0.05) is 6.07 Å². The Balaban J connectivity index is 0.00000338. The van der Waals surface area contributed by atoms with E-state index in [1.165, 1.54) is 17.5 Å². The monoisotopic (exact) mass is 407 g/mol.